The third-order valence-corrected chi connectivity index (χ3v) is 3.54. The van der Waals surface area contributed by atoms with Crippen molar-refractivity contribution in [1.29, 1.82) is 0 Å². The summed E-state index contributed by atoms with van der Waals surface area (Å²) in [5.74, 6) is 0. The molecule has 0 spiro atoms. The van der Waals surface area contributed by atoms with E-state index in [1.807, 2.05) is 51.1 Å². The predicted octanol–water partition coefficient (Wildman–Crippen LogP) is 4.91. The second-order valence-electron chi connectivity index (χ2n) is 4.81. The van der Waals surface area contributed by atoms with Crippen molar-refractivity contribution in [3.8, 4) is 0 Å². The maximum atomic E-state index is 12.0. The fourth-order valence-corrected chi connectivity index (χ4v) is 2.15. The number of benzene rings is 2. The minimum atomic E-state index is -0.301. The molecule has 0 fully saturated rings. The molecule has 4 heteroatoms. The Hall–Kier alpha value is -2.00. The molecule has 2 aromatic rings. The molecule has 2 N–H and O–H groups in total. The molecule has 0 atom stereocenters. The van der Waals surface area contributed by atoms with Gasteiger partial charge in [0.25, 0.3) is 0 Å². The number of hydrogen-bond acceptors (Lipinski definition) is 1. The summed E-state index contributed by atoms with van der Waals surface area (Å²) in [5.41, 5.74) is 4.65. The molecule has 104 valence electrons. The minimum absolute atomic E-state index is 0.301. The van der Waals surface area contributed by atoms with Crippen LogP contribution in [0.1, 0.15) is 16.7 Å². The lowest BCUT2D eigenvalue weighted by molar-refractivity contribution is 0.262. The fourth-order valence-electron chi connectivity index (χ4n) is 1.89. The average molecular weight is 289 g/mol. The van der Waals surface area contributed by atoms with E-state index in [0.29, 0.717) is 10.7 Å². The van der Waals surface area contributed by atoms with Gasteiger partial charge < -0.3 is 10.6 Å². The predicted molar refractivity (Wildman–Crippen MR) is 84.7 cm³/mol. The van der Waals surface area contributed by atoms with Gasteiger partial charge in [-0.2, -0.15) is 0 Å². The van der Waals surface area contributed by atoms with Gasteiger partial charge in [-0.25, -0.2) is 4.79 Å². The molecule has 0 heterocycles. The van der Waals surface area contributed by atoms with E-state index in [0.717, 1.165) is 16.8 Å². The largest absolute Gasteiger partial charge is 0.323 e. The molecule has 0 unspecified atom stereocenters. The zero-order chi connectivity index (χ0) is 14.7. The highest BCUT2D eigenvalue weighted by Crippen LogP contribution is 2.25. The summed E-state index contributed by atoms with van der Waals surface area (Å²) in [5, 5.41) is 6.11. The number of rotatable bonds is 2. The van der Waals surface area contributed by atoms with E-state index in [1.54, 1.807) is 6.07 Å². The first-order valence-corrected chi connectivity index (χ1v) is 6.75. The smallest absolute Gasteiger partial charge is 0.308 e. The number of para-hydroxylation sites is 1. The fraction of sp³-hybridized carbons (Fsp3) is 0.188. The van der Waals surface area contributed by atoms with Gasteiger partial charge in [0, 0.05) is 5.69 Å². The lowest BCUT2D eigenvalue weighted by Crippen LogP contribution is -2.20. The molecule has 0 aliphatic heterocycles. The number of halogens is 1. The standard InChI is InChI=1S/C16H17ClN2O/c1-10-7-8-13(9-12(10)3)18-16(20)19-15-11(2)5-4-6-14(15)17/h4-9H,1-3H3,(H2,18,19,20). The summed E-state index contributed by atoms with van der Waals surface area (Å²) in [4.78, 5) is 12.0. The Morgan fingerprint density at radius 2 is 1.70 bits per heavy atom. The zero-order valence-electron chi connectivity index (χ0n) is 11.8. The highest BCUT2D eigenvalue weighted by atomic mass is 35.5. The Bertz CT molecular complexity index is 633. The molecule has 0 saturated heterocycles. The molecule has 3 nitrogen and oxygen atoms in total. The molecule has 2 amide bonds. The number of amides is 2. The van der Waals surface area contributed by atoms with Gasteiger partial charge in [0.05, 0.1) is 10.7 Å². The molecule has 0 aliphatic carbocycles. The monoisotopic (exact) mass is 288 g/mol. The summed E-state index contributed by atoms with van der Waals surface area (Å²) in [6.45, 7) is 5.94. The van der Waals surface area contributed by atoms with Crippen LogP contribution in [0.3, 0.4) is 0 Å². The van der Waals surface area contributed by atoms with Crippen molar-refractivity contribution < 1.29 is 4.79 Å². The van der Waals surface area contributed by atoms with Crippen molar-refractivity contribution in [2.24, 2.45) is 0 Å². The summed E-state index contributed by atoms with van der Waals surface area (Å²) in [6, 6.07) is 11.0. The highest BCUT2D eigenvalue weighted by Gasteiger charge is 2.08. The molecule has 2 rings (SSSR count). The second-order valence-corrected chi connectivity index (χ2v) is 5.22. The van der Waals surface area contributed by atoms with Crippen LogP contribution in [0.2, 0.25) is 5.02 Å². The van der Waals surface area contributed by atoms with Crippen LogP contribution in [0.25, 0.3) is 0 Å². The van der Waals surface area contributed by atoms with Crippen molar-refractivity contribution in [3.63, 3.8) is 0 Å². The Labute approximate surface area is 124 Å². The number of aryl methyl sites for hydroxylation is 3. The summed E-state index contributed by atoms with van der Waals surface area (Å²) in [7, 11) is 0. The summed E-state index contributed by atoms with van der Waals surface area (Å²) < 4.78 is 0. The molecule has 20 heavy (non-hydrogen) atoms. The van der Waals surface area contributed by atoms with Crippen LogP contribution >= 0.6 is 11.6 Å². The van der Waals surface area contributed by atoms with Crippen LogP contribution in [0.4, 0.5) is 16.2 Å². The maximum absolute atomic E-state index is 12.0. The van der Waals surface area contributed by atoms with Crippen LogP contribution in [-0.2, 0) is 0 Å². The summed E-state index contributed by atoms with van der Waals surface area (Å²) >= 11 is 6.08. The van der Waals surface area contributed by atoms with Gasteiger partial charge in [0.2, 0.25) is 0 Å². The van der Waals surface area contributed by atoms with Crippen molar-refractivity contribution in [1.82, 2.24) is 0 Å². The molecule has 2 aromatic carbocycles. The number of anilines is 2. The van der Waals surface area contributed by atoms with Crippen LogP contribution in [0.5, 0.6) is 0 Å². The van der Waals surface area contributed by atoms with E-state index in [9.17, 15) is 4.79 Å². The zero-order valence-corrected chi connectivity index (χ0v) is 12.5. The van der Waals surface area contributed by atoms with E-state index in [-0.39, 0.29) is 6.03 Å². The highest BCUT2D eigenvalue weighted by molar-refractivity contribution is 6.34. The Morgan fingerprint density at radius 1 is 0.950 bits per heavy atom. The van der Waals surface area contributed by atoms with Crippen molar-refractivity contribution in [2.75, 3.05) is 10.6 Å². The van der Waals surface area contributed by atoms with Crippen LogP contribution in [-0.4, -0.2) is 6.03 Å². The molecule has 0 aliphatic rings. The normalized spacial score (nSPS) is 10.2. The molecule has 0 bridgehead atoms. The van der Waals surface area contributed by atoms with Crippen LogP contribution in [0.15, 0.2) is 36.4 Å². The number of carbonyl (C=O) groups is 1. The van der Waals surface area contributed by atoms with Gasteiger partial charge in [0.1, 0.15) is 0 Å². The lowest BCUT2D eigenvalue weighted by Gasteiger charge is -2.12. The Kier molecular flexibility index (Phi) is 4.30. The van der Waals surface area contributed by atoms with E-state index >= 15 is 0 Å². The lowest BCUT2D eigenvalue weighted by atomic mass is 10.1. The van der Waals surface area contributed by atoms with Gasteiger partial charge >= 0.3 is 6.03 Å². The second kappa shape index (κ2) is 5.97. The third kappa shape index (κ3) is 3.31. The Morgan fingerprint density at radius 3 is 2.35 bits per heavy atom. The quantitative estimate of drug-likeness (QED) is 0.810. The Balaban J connectivity index is 2.11. The molecular formula is C16H17ClN2O. The molecular weight excluding hydrogens is 272 g/mol. The molecule has 0 radical (unpaired) electrons. The van der Waals surface area contributed by atoms with Crippen molar-refractivity contribution in [3.05, 3.63) is 58.1 Å². The van der Waals surface area contributed by atoms with E-state index in [4.69, 9.17) is 11.6 Å². The minimum Gasteiger partial charge on any atom is -0.308 e. The van der Waals surface area contributed by atoms with Crippen LogP contribution < -0.4 is 10.6 Å². The third-order valence-electron chi connectivity index (χ3n) is 3.23. The number of urea groups is 1. The van der Waals surface area contributed by atoms with E-state index in [2.05, 4.69) is 10.6 Å². The first-order valence-electron chi connectivity index (χ1n) is 6.38. The number of nitrogens with one attached hydrogen (secondary N) is 2. The molecule has 0 saturated carbocycles. The molecule has 0 aromatic heterocycles. The number of hydrogen-bond donors (Lipinski definition) is 2. The average Bonchev–Trinajstić information content (AvgIpc) is 2.38. The van der Waals surface area contributed by atoms with Gasteiger partial charge in [-0.05, 0) is 55.7 Å². The topological polar surface area (TPSA) is 41.1 Å². The van der Waals surface area contributed by atoms with E-state index < -0.39 is 0 Å². The van der Waals surface area contributed by atoms with E-state index in [1.165, 1.54) is 5.56 Å². The van der Waals surface area contributed by atoms with Gasteiger partial charge in [-0.1, -0.05) is 29.8 Å². The summed E-state index contributed by atoms with van der Waals surface area (Å²) in [6.07, 6.45) is 0. The van der Waals surface area contributed by atoms with Gasteiger partial charge in [0.15, 0.2) is 0 Å². The first kappa shape index (κ1) is 14.4. The number of carbonyl (C=O) groups excluding carboxylic acids is 1. The first-order chi connectivity index (χ1) is 9.47. The van der Waals surface area contributed by atoms with Crippen molar-refractivity contribution in [2.45, 2.75) is 20.8 Å². The SMILES string of the molecule is Cc1ccc(NC(=O)Nc2c(C)cccc2Cl)cc1C. The van der Waals surface area contributed by atoms with Crippen LogP contribution in [0, 0.1) is 20.8 Å². The van der Waals surface area contributed by atoms with Crippen molar-refractivity contribution >= 4 is 29.0 Å². The maximum Gasteiger partial charge on any atom is 0.323 e. The van der Waals surface area contributed by atoms with Gasteiger partial charge in [-0.15, -0.1) is 0 Å². The van der Waals surface area contributed by atoms with Gasteiger partial charge in [-0.3, -0.25) is 0 Å².